The minimum absolute atomic E-state index is 0.122. The molecule has 3 aromatic rings. The molecule has 5 rings (SSSR count). The fourth-order valence-electron chi connectivity index (χ4n) is 5.52. The molecular weight excluding hydrogens is 373 g/mol. The van der Waals surface area contributed by atoms with Crippen molar-refractivity contribution in [2.24, 2.45) is 0 Å². The molecule has 0 radical (unpaired) electrons. The van der Waals surface area contributed by atoms with E-state index in [-0.39, 0.29) is 11.2 Å². The van der Waals surface area contributed by atoms with Gasteiger partial charge in [-0.2, -0.15) is 0 Å². The molecule has 30 heavy (non-hydrogen) atoms. The molecular formula is C27H28FNO. The van der Waals surface area contributed by atoms with Gasteiger partial charge in [-0.1, -0.05) is 67.4 Å². The standard InChI is InChI=1S/C27H28FNO/c1-2-19-6-12-23-20(18-19)7-13-24-25(30-29-26(23)24)14-17-27(15-4-3-5-16-27)21-8-10-22(28)11-9-21/h2,6,8-12,18H,1,3-5,7,13-17H2. The van der Waals surface area contributed by atoms with E-state index in [1.54, 1.807) is 12.1 Å². The van der Waals surface area contributed by atoms with Crippen molar-refractivity contribution in [2.75, 3.05) is 0 Å². The summed E-state index contributed by atoms with van der Waals surface area (Å²) in [6, 6.07) is 13.7. The summed E-state index contributed by atoms with van der Waals surface area (Å²) >= 11 is 0. The van der Waals surface area contributed by atoms with Gasteiger partial charge in [-0.05, 0) is 66.3 Å². The second kappa shape index (κ2) is 7.86. The van der Waals surface area contributed by atoms with Crippen LogP contribution < -0.4 is 0 Å². The highest BCUT2D eigenvalue weighted by molar-refractivity contribution is 5.71. The first kappa shape index (κ1) is 19.3. The maximum Gasteiger partial charge on any atom is 0.140 e. The van der Waals surface area contributed by atoms with Crippen molar-refractivity contribution in [1.29, 1.82) is 0 Å². The highest BCUT2D eigenvalue weighted by Gasteiger charge is 2.35. The number of nitrogens with zero attached hydrogens (tertiary/aromatic N) is 1. The number of hydrogen-bond acceptors (Lipinski definition) is 2. The van der Waals surface area contributed by atoms with Crippen LogP contribution in [-0.2, 0) is 24.7 Å². The lowest BCUT2D eigenvalue weighted by atomic mass is 9.66. The van der Waals surface area contributed by atoms with Gasteiger partial charge in [0.2, 0.25) is 0 Å². The van der Waals surface area contributed by atoms with Crippen LogP contribution in [0.2, 0.25) is 0 Å². The Balaban J connectivity index is 1.41. The average molecular weight is 402 g/mol. The molecule has 1 aromatic heterocycles. The van der Waals surface area contributed by atoms with Gasteiger partial charge in [0.1, 0.15) is 17.3 Å². The van der Waals surface area contributed by atoms with Gasteiger partial charge in [0, 0.05) is 17.5 Å². The van der Waals surface area contributed by atoms with Crippen LogP contribution in [0.3, 0.4) is 0 Å². The lowest BCUT2D eigenvalue weighted by Crippen LogP contribution is -2.30. The number of halogens is 1. The molecule has 1 saturated carbocycles. The zero-order chi connectivity index (χ0) is 20.6. The van der Waals surface area contributed by atoms with Gasteiger partial charge in [0.25, 0.3) is 0 Å². The Labute approximate surface area is 177 Å². The number of aryl methyl sites for hydroxylation is 2. The van der Waals surface area contributed by atoms with Crippen LogP contribution in [0.4, 0.5) is 4.39 Å². The fraction of sp³-hybridized carbons (Fsp3) is 0.370. The minimum atomic E-state index is -0.160. The number of benzene rings is 2. The Bertz CT molecular complexity index is 1060. The number of aromatic nitrogens is 1. The highest BCUT2D eigenvalue weighted by Crippen LogP contribution is 2.44. The minimum Gasteiger partial charge on any atom is -0.360 e. The molecule has 2 aromatic carbocycles. The Morgan fingerprint density at radius 2 is 1.83 bits per heavy atom. The number of fused-ring (bicyclic) bond motifs is 3. The highest BCUT2D eigenvalue weighted by atomic mass is 19.1. The molecule has 0 bridgehead atoms. The Kier molecular flexibility index (Phi) is 5.06. The molecule has 3 heteroatoms. The molecule has 0 amide bonds. The van der Waals surface area contributed by atoms with E-state index < -0.39 is 0 Å². The van der Waals surface area contributed by atoms with E-state index in [0.717, 1.165) is 42.7 Å². The van der Waals surface area contributed by atoms with Crippen molar-refractivity contribution in [1.82, 2.24) is 5.16 Å². The topological polar surface area (TPSA) is 26.0 Å². The zero-order valence-corrected chi connectivity index (χ0v) is 17.4. The molecule has 0 unspecified atom stereocenters. The molecule has 1 fully saturated rings. The second-order valence-corrected chi connectivity index (χ2v) is 8.90. The smallest absolute Gasteiger partial charge is 0.140 e. The average Bonchev–Trinajstić information content (AvgIpc) is 3.22. The van der Waals surface area contributed by atoms with Crippen LogP contribution >= 0.6 is 0 Å². The summed E-state index contributed by atoms with van der Waals surface area (Å²) in [5.74, 6) is 0.878. The van der Waals surface area contributed by atoms with Crippen molar-refractivity contribution in [2.45, 2.75) is 63.2 Å². The first-order valence-corrected chi connectivity index (χ1v) is 11.2. The number of rotatable bonds is 5. The van der Waals surface area contributed by atoms with Crippen LogP contribution in [0, 0.1) is 5.82 Å². The van der Waals surface area contributed by atoms with Crippen molar-refractivity contribution in [3.8, 4) is 11.3 Å². The van der Waals surface area contributed by atoms with Crippen molar-refractivity contribution >= 4 is 6.08 Å². The van der Waals surface area contributed by atoms with Crippen LogP contribution in [0.15, 0.2) is 53.6 Å². The largest absolute Gasteiger partial charge is 0.360 e. The molecule has 0 N–H and O–H groups in total. The quantitative estimate of drug-likeness (QED) is 0.457. The third-order valence-corrected chi connectivity index (χ3v) is 7.23. The van der Waals surface area contributed by atoms with Gasteiger partial charge in [0.15, 0.2) is 0 Å². The maximum atomic E-state index is 13.5. The Morgan fingerprint density at radius 3 is 2.60 bits per heavy atom. The van der Waals surface area contributed by atoms with Gasteiger partial charge in [-0.25, -0.2) is 4.39 Å². The summed E-state index contributed by atoms with van der Waals surface area (Å²) < 4.78 is 19.4. The molecule has 2 aliphatic rings. The summed E-state index contributed by atoms with van der Waals surface area (Å²) in [7, 11) is 0. The first-order chi connectivity index (χ1) is 14.7. The zero-order valence-electron chi connectivity index (χ0n) is 17.4. The fourth-order valence-corrected chi connectivity index (χ4v) is 5.52. The number of hydrogen-bond donors (Lipinski definition) is 0. The SMILES string of the molecule is C=Cc1ccc2c(c1)CCc1c-2noc1CCC1(c2ccc(F)cc2)CCCCC1. The van der Waals surface area contributed by atoms with Gasteiger partial charge >= 0.3 is 0 Å². The van der Waals surface area contributed by atoms with Gasteiger partial charge < -0.3 is 4.52 Å². The summed E-state index contributed by atoms with van der Waals surface area (Å²) in [6.45, 7) is 3.88. The third-order valence-electron chi connectivity index (χ3n) is 7.23. The molecule has 0 spiro atoms. The molecule has 154 valence electrons. The summed E-state index contributed by atoms with van der Waals surface area (Å²) in [5, 5.41) is 4.47. The maximum absolute atomic E-state index is 13.5. The van der Waals surface area contributed by atoms with Crippen LogP contribution in [0.1, 0.15) is 66.5 Å². The van der Waals surface area contributed by atoms with E-state index in [9.17, 15) is 4.39 Å². The van der Waals surface area contributed by atoms with Crippen LogP contribution in [0.25, 0.3) is 17.3 Å². The van der Waals surface area contributed by atoms with Gasteiger partial charge in [-0.15, -0.1) is 0 Å². The first-order valence-electron chi connectivity index (χ1n) is 11.2. The predicted octanol–water partition coefficient (Wildman–Crippen LogP) is 7.06. The van der Waals surface area contributed by atoms with Crippen LogP contribution in [-0.4, -0.2) is 5.16 Å². The molecule has 1 heterocycles. The molecule has 2 aliphatic carbocycles. The third kappa shape index (κ3) is 3.40. The normalized spacial score (nSPS) is 17.2. The predicted molar refractivity (Wildman–Crippen MR) is 119 cm³/mol. The van der Waals surface area contributed by atoms with Crippen molar-refractivity contribution in [3.63, 3.8) is 0 Å². The van der Waals surface area contributed by atoms with Crippen LogP contribution in [0.5, 0.6) is 0 Å². The van der Waals surface area contributed by atoms with E-state index in [0.29, 0.717) is 0 Å². The molecule has 0 saturated heterocycles. The van der Waals surface area contributed by atoms with Gasteiger partial charge in [0.05, 0.1) is 0 Å². The van der Waals surface area contributed by atoms with E-state index >= 15 is 0 Å². The Hall–Kier alpha value is -2.68. The Morgan fingerprint density at radius 1 is 1.03 bits per heavy atom. The molecule has 2 nitrogen and oxygen atoms in total. The summed E-state index contributed by atoms with van der Waals surface area (Å²) in [6.07, 6.45) is 11.9. The van der Waals surface area contributed by atoms with Crippen molar-refractivity contribution in [3.05, 3.63) is 82.9 Å². The lowest BCUT2D eigenvalue weighted by Gasteiger charge is -2.38. The van der Waals surface area contributed by atoms with E-state index in [1.165, 1.54) is 54.4 Å². The summed E-state index contributed by atoms with van der Waals surface area (Å²) in [5.41, 5.74) is 7.37. The monoisotopic (exact) mass is 401 g/mol. The van der Waals surface area contributed by atoms with E-state index in [1.807, 2.05) is 18.2 Å². The van der Waals surface area contributed by atoms with Crippen molar-refractivity contribution < 1.29 is 8.91 Å². The second-order valence-electron chi connectivity index (χ2n) is 8.90. The van der Waals surface area contributed by atoms with Gasteiger partial charge in [-0.3, -0.25) is 0 Å². The van der Waals surface area contributed by atoms with E-state index in [2.05, 4.69) is 29.9 Å². The summed E-state index contributed by atoms with van der Waals surface area (Å²) in [4.78, 5) is 0. The lowest BCUT2D eigenvalue weighted by molar-refractivity contribution is 0.263. The molecule has 0 atom stereocenters. The van der Waals surface area contributed by atoms with E-state index in [4.69, 9.17) is 4.52 Å². The molecule has 0 aliphatic heterocycles.